The molecule has 0 aliphatic heterocycles. The number of nitrogens with one attached hydrogen (secondary N) is 2. The fraction of sp³-hybridized carbons (Fsp3) is 0.133. The molecule has 2 N–H and O–H groups in total. The first kappa shape index (κ1) is 13.4. The topological polar surface area (TPSA) is 41.1 Å². The average molecular weight is 275 g/mol. The summed E-state index contributed by atoms with van der Waals surface area (Å²) in [6, 6.07) is 14.8. The van der Waals surface area contributed by atoms with E-state index in [9.17, 15) is 4.79 Å². The molecule has 0 unspecified atom stereocenters. The first-order valence-corrected chi connectivity index (χ1v) is 6.38. The van der Waals surface area contributed by atoms with Gasteiger partial charge in [0.15, 0.2) is 0 Å². The second-order valence-electron chi connectivity index (χ2n) is 4.27. The van der Waals surface area contributed by atoms with Gasteiger partial charge >= 0.3 is 6.03 Å². The van der Waals surface area contributed by atoms with Crippen LogP contribution in [0.2, 0.25) is 5.02 Å². The number of carbonyl (C=O) groups excluding carboxylic acids is 1. The van der Waals surface area contributed by atoms with Crippen molar-refractivity contribution < 1.29 is 4.79 Å². The molecule has 0 heterocycles. The number of hydrogen-bond acceptors (Lipinski definition) is 1. The van der Waals surface area contributed by atoms with Crippen LogP contribution in [0.15, 0.2) is 48.5 Å². The summed E-state index contributed by atoms with van der Waals surface area (Å²) in [6.07, 6.45) is 0. The molecule has 2 aromatic carbocycles. The van der Waals surface area contributed by atoms with Crippen LogP contribution in [0.5, 0.6) is 0 Å². The number of rotatable bonds is 3. The normalized spacial score (nSPS) is 10.0. The van der Waals surface area contributed by atoms with Crippen molar-refractivity contribution in [3.63, 3.8) is 0 Å². The third-order valence-electron chi connectivity index (χ3n) is 2.67. The van der Waals surface area contributed by atoms with Crippen LogP contribution < -0.4 is 10.6 Å². The first-order chi connectivity index (χ1) is 9.15. The maximum Gasteiger partial charge on any atom is 0.319 e. The van der Waals surface area contributed by atoms with Gasteiger partial charge in [0, 0.05) is 17.3 Å². The van der Waals surface area contributed by atoms with E-state index in [0.717, 1.165) is 16.8 Å². The molecule has 0 radical (unpaired) electrons. The molecule has 0 atom stereocenters. The van der Waals surface area contributed by atoms with Crippen LogP contribution in [-0.2, 0) is 6.54 Å². The van der Waals surface area contributed by atoms with E-state index < -0.39 is 0 Å². The highest BCUT2D eigenvalue weighted by atomic mass is 35.5. The fourth-order valence-electron chi connectivity index (χ4n) is 1.72. The minimum absolute atomic E-state index is 0.245. The summed E-state index contributed by atoms with van der Waals surface area (Å²) in [4.78, 5) is 11.7. The van der Waals surface area contributed by atoms with Crippen LogP contribution in [0.1, 0.15) is 11.1 Å². The summed E-state index contributed by atoms with van der Waals surface area (Å²) in [5.74, 6) is 0. The van der Waals surface area contributed by atoms with Crippen molar-refractivity contribution in [2.45, 2.75) is 13.5 Å². The third kappa shape index (κ3) is 4.00. The van der Waals surface area contributed by atoms with Gasteiger partial charge in [-0.3, -0.25) is 0 Å². The highest BCUT2D eigenvalue weighted by Gasteiger charge is 2.03. The van der Waals surface area contributed by atoms with E-state index in [1.165, 1.54) is 0 Å². The molecule has 0 saturated heterocycles. The van der Waals surface area contributed by atoms with Crippen LogP contribution >= 0.6 is 11.6 Å². The molecule has 98 valence electrons. The standard InChI is InChI=1S/C15H15ClN2O/c1-11-5-4-7-13(9-11)18-15(19)17-10-12-6-2-3-8-14(12)16/h2-9H,10H2,1H3,(H2,17,18,19). The monoisotopic (exact) mass is 274 g/mol. The van der Waals surface area contributed by atoms with Crippen molar-refractivity contribution in [3.8, 4) is 0 Å². The molecule has 0 aliphatic rings. The number of hydrogen-bond donors (Lipinski definition) is 2. The third-order valence-corrected chi connectivity index (χ3v) is 3.04. The zero-order valence-electron chi connectivity index (χ0n) is 10.6. The van der Waals surface area contributed by atoms with Crippen LogP contribution in [0.25, 0.3) is 0 Å². The molecule has 0 bridgehead atoms. The Morgan fingerprint density at radius 1 is 1.16 bits per heavy atom. The fourth-order valence-corrected chi connectivity index (χ4v) is 1.92. The molecule has 0 fully saturated rings. The van der Waals surface area contributed by atoms with Gasteiger partial charge in [0.1, 0.15) is 0 Å². The summed E-state index contributed by atoms with van der Waals surface area (Å²) in [5, 5.41) is 6.20. The van der Waals surface area contributed by atoms with E-state index >= 15 is 0 Å². The Kier molecular flexibility index (Phi) is 4.42. The number of benzene rings is 2. The zero-order valence-corrected chi connectivity index (χ0v) is 11.4. The van der Waals surface area contributed by atoms with Gasteiger partial charge in [-0.2, -0.15) is 0 Å². The summed E-state index contributed by atoms with van der Waals surface area (Å²) in [7, 11) is 0. The quantitative estimate of drug-likeness (QED) is 0.874. The summed E-state index contributed by atoms with van der Waals surface area (Å²) in [5.41, 5.74) is 2.77. The molecule has 19 heavy (non-hydrogen) atoms. The number of amides is 2. The Labute approximate surface area is 117 Å². The predicted molar refractivity (Wildman–Crippen MR) is 78.5 cm³/mol. The molecule has 2 aromatic rings. The van der Waals surface area contributed by atoms with Crippen molar-refractivity contribution in [3.05, 3.63) is 64.7 Å². The molecule has 0 aromatic heterocycles. The van der Waals surface area contributed by atoms with Gasteiger partial charge < -0.3 is 10.6 Å². The van der Waals surface area contributed by atoms with Gasteiger partial charge in [-0.1, -0.05) is 41.9 Å². The van der Waals surface area contributed by atoms with Crippen molar-refractivity contribution in [1.29, 1.82) is 0 Å². The molecular weight excluding hydrogens is 260 g/mol. The van der Waals surface area contributed by atoms with Gasteiger partial charge in [0.2, 0.25) is 0 Å². The molecule has 2 amide bonds. The molecule has 2 rings (SSSR count). The highest BCUT2D eigenvalue weighted by molar-refractivity contribution is 6.31. The van der Waals surface area contributed by atoms with Crippen molar-refractivity contribution in [2.24, 2.45) is 0 Å². The van der Waals surface area contributed by atoms with Crippen molar-refractivity contribution >= 4 is 23.3 Å². The maximum atomic E-state index is 11.7. The average Bonchev–Trinajstić information content (AvgIpc) is 2.38. The maximum absolute atomic E-state index is 11.7. The minimum Gasteiger partial charge on any atom is -0.334 e. The van der Waals surface area contributed by atoms with Crippen molar-refractivity contribution in [2.75, 3.05) is 5.32 Å². The first-order valence-electron chi connectivity index (χ1n) is 6.00. The Balaban J connectivity index is 1.90. The molecule has 0 saturated carbocycles. The van der Waals surface area contributed by atoms with E-state index in [1.54, 1.807) is 6.07 Å². The second-order valence-corrected chi connectivity index (χ2v) is 4.68. The lowest BCUT2D eigenvalue weighted by Crippen LogP contribution is -2.28. The Morgan fingerprint density at radius 2 is 1.95 bits per heavy atom. The smallest absolute Gasteiger partial charge is 0.319 e. The number of aryl methyl sites for hydroxylation is 1. The lowest BCUT2D eigenvalue weighted by Gasteiger charge is -2.09. The van der Waals surface area contributed by atoms with Gasteiger partial charge in [0.05, 0.1) is 0 Å². The van der Waals surface area contributed by atoms with Gasteiger partial charge in [-0.05, 0) is 36.2 Å². The highest BCUT2D eigenvalue weighted by Crippen LogP contribution is 2.14. The van der Waals surface area contributed by atoms with E-state index in [1.807, 2.05) is 49.4 Å². The lowest BCUT2D eigenvalue weighted by molar-refractivity contribution is 0.252. The van der Waals surface area contributed by atoms with E-state index in [4.69, 9.17) is 11.6 Å². The molecular formula is C15H15ClN2O. The van der Waals surface area contributed by atoms with Crippen LogP contribution in [0.4, 0.5) is 10.5 Å². The minimum atomic E-state index is -0.245. The predicted octanol–water partition coefficient (Wildman–Crippen LogP) is 3.97. The van der Waals surface area contributed by atoms with E-state index in [2.05, 4.69) is 10.6 Å². The summed E-state index contributed by atoms with van der Waals surface area (Å²) in [6.45, 7) is 2.38. The molecule has 0 aliphatic carbocycles. The van der Waals surface area contributed by atoms with Crippen LogP contribution in [0.3, 0.4) is 0 Å². The zero-order chi connectivity index (χ0) is 13.7. The van der Waals surface area contributed by atoms with Gasteiger partial charge in [-0.15, -0.1) is 0 Å². The van der Waals surface area contributed by atoms with Crippen LogP contribution in [0, 0.1) is 6.92 Å². The molecule has 3 nitrogen and oxygen atoms in total. The largest absolute Gasteiger partial charge is 0.334 e. The van der Waals surface area contributed by atoms with E-state index in [-0.39, 0.29) is 6.03 Å². The summed E-state index contributed by atoms with van der Waals surface area (Å²) >= 11 is 6.02. The van der Waals surface area contributed by atoms with Crippen LogP contribution in [-0.4, -0.2) is 6.03 Å². The SMILES string of the molecule is Cc1cccc(NC(=O)NCc2ccccc2Cl)c1. The molecule has 4 heteroatoms. The Bertz CT molecular complexity index is 584. The molecule has 0 spiro atoms. The Morgan fingerprint density at radius 3 is 2.68 bits per heavy atom. The van der Waals surface area contributed by atoms with E-state index in [0.29, 0.717) is 11.6 Å². The number of urea groups is 1. The number of carbonyl (C=O) groups is 1. The van der Waals surface area contributed by atoms with Gasteiger partial charge in [-0.25, -0.2) is 4.79 Å². The van der Waals surface area contributed by atoms with Gasteiger partial charge in [0.25, 0.3) is 0 Å². The van der Waals surface area contributed by atoms with Crippen molar-refractivity contribution in [1.82, 2.24) is 5.32 Å². The number of halogens is 1. The Hall–Kier alpha value is -2.00. The number of anilines is 1. The lowest BCUT2D eigenvalue weighted by atomic mass is 10.2. The second kappa shape index (κ2) is 6.25. The summed E-state index contributed by atoms with van der Waals surface area (Å²) < 4.78 is 0.